The highest BCUT2D eigenvalue weighted by atomic mass is 35.5. The van der Waals surface area contributed by atoms with E-state index in [2.05, 4.69) is 20.5 Å². The van der Waals surface area contributed by atoms with Crippen LogP contribution in [-0.4, -0.2) is 55.1 Å². The van der Waals surface area contributed by atoms with Gasteiger partial charge in [-0.05, 0) is 12.1 Å². The standard InChI is InChI=1S/C12H17ClN4O.2ClH/c13-10-1-2-11(16-9-10)12(18)15-5-8-17-6-3-14-4-7-17;;/h1-2,9,14H,3-8H2,(H,15,18);2*1H. The van der Waals surface area contributed by atoms with Crippen molar-refractivity contribution in [2.75, 3.05) is 39.3 Å². The molecule has 0 atom stereocenters. The Morgan fingerprint density at radius 1 is 1.35 bits per heavy atom. The summed E-state index contributed by atoms with van der Waals surface area (Å²) in [5.41, 5.74) is 0.403. The summed E-state index contributed by atoms with van der Waals surface area (Å²) in [4.78, 5) is 18.1. The lowest BCUT2D eigenvalue weighted by atomic mass is 10.3. The Labute approximate surface area is 136 Å². The van der Waals surface area contributed by atoms with Crippen molar-refractivity contribution in [3.05, 3.63) is 29.0 Å². The first-order chi connectivity index (χ1) is 8.75. The van der Waals surface area contributed by atoms with Crippen LogP contribution in [0.3, 0.4) is 0 Å². The highest BCUT2D eigenvalue weighted by Crippen LogP contribution is 2.05. The van der Waals surface area contributed by atoms with Crippen LogP contribution in [0.4, 0.5) is 0 Å². The fourth-order valence-corrected chi connectivity index (χ4v) is 1.97. The third kappa shape index (κ3) is 6.24. The van der Waals surface area contributed by atoms with Gasteiger partial charge in [0.2, 0.25) is 0 Å². The van der Waals surface area contributed by atoms with E-state index in [-0.39, 0.29) is 30.7 Å². The molecule has 0 unspecified atom stereocenters. The van der Waals surface area contributed by atoms with Crippen molar-refractivity contribution in [3.8, 4) is 0 Å². The average Bonchev–Trinajstić information content (AvgIpc) is 2.40. The van der Waals surface area contributed by atoms with Crippen molar-refractivity contribution in [1.29, 1.82) is 0 Å². The van der Waals surface area contributed by atoms with Gasteiger partial charge in [-0.2, -0.15) is 0 Å². The molecule has 1 aromatic heterocycles. The first-order valence-electron chi connectivity index (χ1n) is 6.08. The zero-order valence-corrected chi connectivity index (χ0v) is 13.4. The summed E-state index contributed by atoms with van der Waals surface area (Å²) < 4.78 is 0. The highest BCUT2D eigenvalue weighted by Gasteiger charge is 2.10. The van der Waals surface area contributed by atoms with Crippen LogP contribution in [0, 0.1) is 0 Å². The van der Waals surface area contributed by atoms with Crippen LogP contribution in [0.15, 0.2) is 18.3 Å². The van der Waals surface area contributed by atoms with Gasteiger partial charge >= 0.3 is 0 Å². The van der Waals surface area contributed by atoms with Gasteiger partial charge in [0.05, 0.1) is 5.02 Å². The van der Waals surface area contributed by atoms with E-state index in [1.807, 2.05) is 0 Å². The van der Waals surface area contributed by atoms with Gasteiger partial charge < -0.3 is 10.6 Å². The van der Waals surface area contributed by atoms with Crippen LogP contribution < -0.4 is 10.6 Å². The minimum absolute atomic E-state index is 0. The van der Waals surface area contributed by atoms with Crippen molar-refractivity contribution in [1.82, 2.24) is 20.5 Å². The van der Waals surface area contributed by atoms with E-state index in [9.17, 15) is 4.79 Å². The maximum Gasteiger partial charge on any atom is 0.269 e. The topological polar surface area (TPSA) is 57.3 Å². The lowest BCUT2D eigenvalue weighted by molar-refractivity contribution is 0.0942. The molecule has 0 bridgehead atoms. The molecule has 2 heterocycles. The van der Waals surface area contributed by atoms with Crippen molar-refractivity contribution < 1.29 is 4.79 Å². The summed E-state index contributed by atoms with van der Waals surface area (Å²) in [6, 6.07) is 3.29. The van der Waals surface area contributed by atoms with E-state index in [1.54, 1.807) is 12.1 Å². The predicted octanol–water partition coefficient (Wildman–Crippen LogP) is 1.21. The molecule has 20 heavy (non-hydrogen) atoms. The van der Waals surface area contributed by atoms with Crippen LogP contribution in [0.25, 0.3) is 0 Å². The van der Waals surface area contributed by atoms with Crippen LogP contribution in [-0.2, 0) is 0 Å². The number of carbonyl (C=O) groups is 1. The highest BCUT2D eigenvalue weighted by molar-refractivity contribution is 6.30. The molecule has 0 aliphatic carbocycles. The molecule has 2 rings (SSSR count). The minimum Gasteiger partial charge on any atom is -0.349 e. The molecule has 0 spiro atoms. The number of pyridine rings is 1. The van der Waals surface area contributed by atoms with Gasteiger partial charge in [0, 0.05) is 45.5 Å². The lowest BCUT2D eigenvalue weighted by Crippen LogP contribution is -2.46. The number of hydrogen-bond acceptors (Lipinski definition) is 4. The molecule has 114 valence electrons. The molecule has 5 nitrogen and oxygen atoms in total. The van der Waals surface area contributed by atoms with E-state index in [1.165, 1.54) is 6.20 Å². The number of aromatic nitrogens is 1. The van der Waals surface area contributed by atoms with Crippen LogP contribution >= 0.6 is 36.4 Å². The summed E-state index contributed by atoms with van der Waals surface area (Å²) in [6.45, 7) is 5.63. The number of halogens is 3. The summed E-state index contributed by atoms with van der Waals surface area (Å²) in [5, 5.41) is 6.69. The Balaban J connectivity index is 0.00000180. The molecule has 1 aliphatic rings. The van der Waals surface area contributed by atoms with E-state index in [0.717, 1.165) is 32.7 Å². The Morgan fingerprint density at radius 2 is 2.05 bits per heavy atom. The number of amides is 1. The SMILES string of the molecule is Cl.Cl.O=C(NCCN1CCNCC1)c1ccc(Cl)cn1. The van der Waals surface area contributed by atoms with E-state index in [4.69, 9.17) is 11.6 Å². The van der Waals surface area contributed by atoms with Gasteiger partial charge in [0.15, 0.2) is 0 Å². The normalized spacial score (nSPS) is 14.8. The molecule has 1 aliphatic heterocycles. The van der Waals surface area contributed by atoms with Gasteiger partial charge in [0.1, 0.15) is 5.69 Å². The van der Waals surface area contributed by atoms with Crippen LogP contribution in [0.1, 0.15) is 10.5 Å². The van der Waals surface area contributed by atoms with Gasteiger partial charge in [-0.15, -0.1) is 24.8 Å². The molecular weight excluding hydrogens is 323 g/mol. The van der Waals surface area contributed by atoms with E-state index >= 15 is 0 Å². The second-order valence-corrected chi connectivity index (χ2v) is 4.65. The van der Waals surface area contributed by atoms with Crippen molar-refractivity contribution in [3.63, 3.8) is 0 Å². The van der Waals surface area contributed by atoms with Gasteiger partial charge in [-0.3, -0.25) is 9.69 Å². The smallest absolute Gasteiger partial charge is 0.269 e. The zero-order chi connectivity index (χ0) is 12.8. The molecule has 8 heteroatoms. The number of nitrogens with one attached hydrogen (secondary N) is 2. The molecule has 0 saturated carbocycles. The van der Waals surface area contributed by atoms with Crippen molar-refractivity contribution in [2.24, 2.45) is 0 Å². The Kier molecular flexibility index (Phi) is 9.88. The van der Waals surface area contributed by atoms with Crippen molar-refractivity contribution in [2.45, 2.75) is 0 Å². The molecule has 1 amide bonds. The van der Waals surface area contributed by atoms with Gasteiger partial charge in [-0.1, -0.05) is 11.6 Å². The number of carbonyl (C=O) groups excluding carboxylic acids is 1. The maximum absolute atomic E-state index is 11.8. The summed E-state index contributed by atoms with van der Waals surface area (Å²) in [6.07, 6.45) is 1.48. The third-order valence-corrected chi connectivity index (χ3v) is 3.11. The lowest BCUT2D eigenvalue weighted by Gasteiger charge is -2.27. The summed E-state index contributed by atoms with van der Waals surface area (Å²) in [7, 11) is 0. The van der Waals surface area contributed by atoms with Crippen LogP contribution in [0.5, 0.6) is 0 Å². The number of hydrogen-bond donors (Lipinski definition) is 2. The van der Waals surface area contributed by atoms with Gasteiger partial charge in [0.25, 0.3) is 5.91 Å². The molecule has 0 radical (unpaired) electrons. The largest absolute Gasteiger partial charge is 0.349 e. The first kappa shape index (κ1) is 19.4. The van der Waals surface area contributed by atoms with Crippen molar-refractivity contribution >= 4 is 42.3 Å². The molecule has 1 saturated heterocycles. The zero-order valence-electron chi connectivity index (χ0n) is 11.0. The second-order valence-electron chi connectivity index (χ2n) is 4.21. The molecule has 1 fully saturated rings. The predicted molar refractivity (Wildman–Crippen MR) is 85.4 cm³/mol. The summed E-state index contributed by atoms with van der Waals surface area (Å²) >= 11 is 5.72. The molecule has 1 aromatic rings. The van der Waals surface area contributed by atoms with Crippen LogP contribution in [0.2, 0.25) is 5.02 Å². The summed E-state index contributed by atoms with van der Waals surface area (Å²) in [5.74, 6) is -0.151. The maximum atomic E-state index is 11.8. The second kappa shape index (κ2) is 10.2. The Bertz CT molecular complexity index is 396. The fourth-order valence-electron chi connectivity index (χ4n) is 1.86. The first-order valence-corrected chi connectivity index (χ1v) is 6.46. The Morgan fingerprint density at radius 3 is 2.65 bits per heavy atom. The molecular formula is C12H19Cl3N4O. The van der Waals surface area contributed by atoms with E-state index < -0.39 is 0 Å². The number of nitrogens with zero attached hydrogens (tertiary/aromatic N) is 2. The number of rotatable bonds is 4. The average molecular weight is 342 g/mol. The third-order valence-electron chi connectivity index (χ3n) is 2.88. The number of piperazine rings is 1. The quantitative estimate of drug-likeness (QED) is 0.864. The minimum atomic E-state index is -0.151. The fraction of sp³-hybridized carbons (Fsp3) is 0.500. The van der Waals surface area contributed by atoms with E-state index in [0.29, 0.717) is 17.3 Å². The molecule has 0 aromatic carbocycles. The van der Waals surface area contributed by atoms with Gasteiger partial charge in [-0.25, -0.2) is 4.98 Å². The monoisotopic (exact) mass is 340 g/mol. The Hall–Kier alpha value is -0.590. The molecule has 2 N–H and O–H groups in total.